The molecule has 1 nitrogen and oxygen atoms in total. The van der Waals surface area contributed by atoms with Crippen LogP contribution in [0.4, 0.5) is 4.39 Å². The van der Waals surface area contributed by atoms with Gasteiger partial charge in [-0.1, -0.05) is 25.3 Å². The van der Waals surface area contributed by atoms with E-state index in [-0.39, 0.29) is 0 Å². The maximum Gasteiger partial charge on any atom is 0.196 e. The molecule has 0 amide bonds. The van der Waals surface area contributed by atoms with Crippen LogP contribution < -0.4 is 0 Å². The second-order valence-electron chi connectivity index (χ2n) is 4.75. The lowest BCUT2D eigenvalue weighted by Crippen LogP contribution is -2.29. The molecule has 1 fully saturated rings. The average Bonchev–Trinajstić information content (AvgIpc) is 2.23. The normalized spacial score (nSPS) is 32.9. The monoisotopic (exact) mass is 208 g/mol. The number of hydrogen-bond acceptors (Lipinski definition) is 1. The van der Waals surface area contributed by atoms with Crippen molar-refractivity contribution in [2.24, 2.45) is 5.92 Å². The predicted molar refractivity (Wildman–Crippen MR) is 58.3 cm³/mol. The first-order valence-electron chi connectivity index (χ1n) is 5.74. The number of alkyl halides is 1. The Bertz CT molecular complexity index is 319. The molecule has 0 aromatic heterocycles. The predicted octanol–water partition coefficient (Wildman–Crippen LogP) is 3.36. The van der Waals surface area contributed by atoms with Crippen LogP contribution in [0, 0.1) is 5.92 Å². The van der Waals surface area contributed by atoms with E-state index in [2.05, 4.69) is 0 Å². The summed E-state index contributed by atoms with van der Waals surface area (Å²) in [6, 6.07) is 0. The van der Waals surface area contributed by atoms with Crippen molar-refractivity contribution in [1.82, 2.24) is 0 Å². The number of ketones is 1. The highest BCUT2D eigenvalue weighted by Gasteiger charge is 2.32. The fourth-order valence-electron chi connectivity index (χ4n) is 2.46. The third kappa shape index (κ3) is 2.19. The molecular weight excluding hydrogens is 191 g/mol. The molecule has 0 heterocycles. The molecule has 2 rings (SSSR count). The van der Waals surface area contributed by atoms with Gasteiger partial charge in [0.2, 0.25) is 0 Å². The average molecular weight is 208 g/mol. The van der Waals surface area contributed by atoms with Gasteiger partial charge in [-0.05, 0) is 43.4 Å². The fourth-order valence-corrected chi connectivity index (χ4v) is 2.46. The maximum absolute atomic E-state index is 13.8. The second kappa shape index (κ2) is 3.92. The molecule has 0 saturated heterocycles. The van der Waals surface area contributed by atoms with Crippen LogP contribution in [0.2, 0.25) is 0 Å². The van der Waals surface area contributed by atoms with Crippen molar-refractivity contribution < 1.29 is 9.18 Å². The van der Waals surface area contributed by atoms with E-state index < -0.39 is 11.5 Å². The fraction of sp³-hybridized carbons (Fsp3) is 0.615. The van der Waals surface area contributed by atoms with Crippen LogP contribution in [-0.2, 0) is 4.79 Å². The Balaban J connectivity index is 2.16. The third-order valence-electron chi connectivity index (χ3n) is 3.42. The van der Waals surface area contributed by atoms with Gasteiger partial charge in [-0.15, -0.1) is 0 Å². The summed E-state index contributed by atoms with van der Waals surface area (Å²) in [5.41, 5.74) is -0.749. The van der Waals surface area contributed by atoms with Gasteiger partial charge in [0, 0.05) is 0 Å². The minimum atomic E-state index is -1.78. The number of carbonyl (C=O) groups excluding carboxylic acids is 1. The first-order chi connectivity index (χ1) is 7.09. The zero-order valence-corrected chi connectivity index (χ0v) is 9.13. The summed E-state index contributed by atoms with van der Waals surface area (Å²) in [4.78, 5) is 11.2. The van der Waals surface area contributed by atoms with Crippen molar-refractivity contribution >= 4 is 5.78 Å². The van der Waals surface area contributed by atoms with Crippen LogP contribution in [0.25, 0.3) is 0 Å². The molecule has 2 aliphatic carbocycles. The van der Waals surface area contributed by atoms with Crippen molar-refractivity contribution in [2.45, 2.75) is 44.7 Å². The lowest BCUT2D eigenvalue weighted by Gasteiger charge is -2.27. The van der Waals surface area contributed by atoms with Crippen molar-refractivity contribution in [3.63, 3.8) is 0 Å². The van der Waals surface area contributed by atoms with E-state index in [1.54, 1.807) is 6.08 Å². The Morgan fingerprint density at radius 3 is 2.53 bits per heavy atom. The van der Waals surface area contributed by atoms with E-state index in [1.165, 1.54) is 38.3 Å². The molecule has 0 radical (unpaired) electrons. The van der Waals surface area contributed by atoms with Crippen LogP contribution in [0.5, 0.6) is 0 Å². The topological polar surface area (TPSA) is 17.1 Å². The number of hydrogen-bond donors (Lipinski definition) is 0. The molecule has 0 aromatic rings. The Morgan fingerprint density at radius 2 is 1.93 bits per heavy atom. The van der Waals surface area contributed by atoms with Gasteiger partial charge in [-0.2, -0.15) is 0 Å². The smallest absolute Gasteiger partial charge is 0.196 e. The summed E-state index contributed by atoms with van der Waals surface area (Å²) >= 11 is 0. The van der Waals surface area contributed by atoms with Gasteiger partial charge in [0.05, 0.1) is 0 Å². The lowest BCUT2D eigenvalue weighted by molar-refractivity contribution is -0.122. The number of rotatable bonds is 1. The highest BCUT2D eigenvalue weighted by atomic mass is 19.1. The molecule has 0 spiro atoms. The van der Waals surface area contributed by atoms with E-state index >= 15 is 0 Å². The van der Waals surface area contributed by atoms with E-state index in [0.717, 1.165) is 18.4 Å². The Kier molecular flexibility index (Phi) is 2.76. The lowest BCUT2D eigenvalue weighted by atomic mass is 9.79. The second-order valence-corrected chi connectivity index (χ2v) is 4.75. The number of allylic oxidation sites excluding steroid dienone is 4. The van der Waals surface area contributed by atoms with Crippen LogP contribution in [-0.4, -0.2) is 11.5 Å². The van der Waals surface area contributed by atoms with Crippen LogP contribution in [0.1, 0.15) is 39.0 Å². The molecule has 0 aliphatic heterocycles. The van der Waals surface area contributed by atoms with E-state index in [9.17, 15) is 9.18 Å². The van der Waals surface area contributed by atoms with Crippen molar-refractivity contribution in [2.75, 3.05) is 0 Å². The summed E-state index contributed by atoms with van der Waals surface area (Å²) in [5, 5.41) is 0. The zero-order valence-electron chi connectivity index (χ0n) is 9.13. The summed E-state index contributed by atoms with van der Waals surface area (Å²) in [5.74, 6) is 0.0419. The zero-order chi connectivity index (χ0) is 10.9. The van der Waals surface area contributed by atoms with E-state index in [4.69, 9.17) is 0 Å². The van der Waals surface area contributed by atoms with Crippen LogP contribution in [0.15, 0.2) is 23.8 Å². The van der Waals surface area contributed by atoms with Crippen LogP contribution in [0.3, 0.4) is 0 Å². The molecule has 0 N–H and O–H groups in total. The van der Waals surface area contributed by atoms with Gasteiger partial charge in [0.1, 0.15) is 0 Å². The van der Waals surface area contributed by atoms with Gasteiger partial charge in [-0.25, -0.2) is 4.39 Å². The van der Waals surface area contributed by atoms with Crippen molar-refractivity contribution in [3.8, 4) is 0 Å². The summed E-state index contributed by atoms with van der Waals surface area (Å²) in [7, 11) is 0. The Labute approximate surface area is 90.1 Å². The van der Waals surface area contributed by atoms with Gasteiger partial charge in [-0.3, -0.25) is 4.79 Å². The number of halogens is 1. The van der Waals surface area contributed by atoms with Gasteiger partial charge in [0.15, 0.2) is 11.5 Å². The first kappa shape index (κ1) is 10.6. The minimum Gasteiger partial charge on any atom is -0.291 e. The molecule has 0 bridgehead atoms. The highest BCUT2D eigenvalue weighted by Crippen LogP contribution is 2.34. The van der Waals surface area contributed by atoms with E-state index in [1.807, 2.05) is 0 Å². The van der Waals surface area contributed by atoms with Gasteiger partial charge < -0.3 is 0 Å². The van der Waals surface area contributed by atoms with E-state index in [0.29, 0.717) is 5.92 Å². The standard InChI is InChI=1S/C13H17FO/c1-13(14)9-11(7-8-12(13)15)10-5-3-2-4-6-10/h7-10H,2-6H2,1H3. The minimum absolute atomic E-state index is 0.429. The molecule has 82 valence electrons. The molecule has 0 aromatic carbocycles. The highest BCUT2D eigenvalue weighted by molar-refractivity contribution is 6.00. The molecule has 2 aliphatic rings. The quantitative estimate of drug-likeness (QED) is 0.645. The van der Waals surface area contributed by atoms with Crippen molar-refractivity contribution in [3.05, 3.63) is 23.8 Å². The summed E-state index contributed by atoms with van der Waals surface area (Å²) in [6.07, 6.45) is 10.7. The summed E-state index contributed by atoms with van der Waals surface area (Å²) < 4.78 is 13.8. The number of carbonyl (C=O) groups is 1. The Morgan fingerprint density at radius 1 is 1.27 bits per heavy atom. The molecule has 15 heavy (non-hydrogen) atoms. The maximum atomic E-state index is 13.8. The van der Waals surface area contributed by atoms with Crippen LogP contribution >= 0.6 is 0 Å². The van der Waals surface area contributed by atoms with Crippen molar-refractivity contribution in [1.29, 1.82) is 0 Å². The third-order valence-corrected chi connectivity index (χ3v) is 3.42. The largest absolute Gasteiger partial charge is 0.291 e. The van der Waals surface area contributed by atoms with Gasteiger partial charge >= 0.3 is 0 Å². The SMILES string of the molecule is CC1(F)C=C(C2CCCCC2)C=CC1=O. The molecule has 1 atom stereocenters. The summed E-state index contributed by atoms with van der Waals surface area (Å²) in [6.45, 7) is 1.35. The molecule has 1 unspecified atom stereocenters. The first-order valence-corrected chi connectivity index (χ1v) is 5.74. The molecule has 1 saturated carbocycles. The van der Waals surface area contributed by atoms with Gasteiger partial charge in [0.25, 0.3) is 0 Å². The Hall–Kier alpha value is -0.920. The molecular formula is C13H17FO. The molecule has 2 heteroatoms.